The van der Waals surface area contributed by atoms with Crippen LogP contribution in [-0.2, 0) is 6.42 Å². The Kier molecular flexibility index (Phi) is 9.61. The molecule has 0 aliphatic carbocycles. The largest absolute Gasteiger partial charge is 0.376 e. The minimum atomic E-state index is -0.106. The van der Waals surface area contributed by atoms with Gasteiger partial charge in [0.2, 0.25) is 0 Å². The predicted octanol–water partition coefficient (Wildman–Crippen LogP) is 16.0. The van der Waals surface area contributed by atoms with Gasteiger partial charge in [0.1, 0.15) is 0 Å². The number of rotatable bonds is 8. The van der Waals surface area contributed by atoms with Crippen molar-refractivity contribution in [2.24, 2.45) is 0 Å². The standard InChI is InChI=1S/C61H49BN2S/c1-5-6-18-42-27-29-54(49(33-42)44-21-12-8-13-22-44)63-56-38-59-51(48-25-16-17-26-58(48)65-59)37-53(56)62-61-52(35-46(36-57(61)63)60-40(3)31-39(2)32-41(60)4)50-34-45(43-19-10-7-11-20-43)28-30-55(50)64(62)47-23-14-9-15-24-47/h7-17,19-38H,5-6,18H2,1-4H3. The van der Waals surface area contributed by atoms with Crippen molar-refractivity contribution in [3.63, 3.8) is 0 Å². The van der Waals surface area contributed by atoms with Crippen LogP contribution in [0.15, 0.2) is 188 Å². The summed E-state index contributed by atoms with van der Waals surface area (Å²) < 4.78 is 2.62. The SMILES string of the molecule is CCCCc1ccc(N2c3cc4sc5ccccc5c4cc3B3c4c(cc(-c5c(C)cc(C)cc5C)cc42)-c2cc(-c4ccccc4)ccc2N3c2ccccc2)c(-c2ccccc2)c1. The molecule has 2 aliphatic heterocycles. The average Bonchev–Trinajstić information content (AvgIpc) is 3.70. The lowest BCUT2D eigenvalue weighted by molar-refractivity contribution is 0.795. The zero-order valence-electron chi connectivity index (χ0n) is 37.4. The van der Waals surface area contributed by atoms with Crippen molar-refractivity contribution in [1.82, 2.24) is 0 Å². The second-order valence-corrected chi connectivity index (χ2v) is 19.2. The van der Waals surface area contributed by atoms with Crippen molar-refractivity contribution in [3.05, 3.63) is 210 Å². The molecule has 0 amide bonds. The molecule has 312 valence electrons. The van der Waals surface area contributed by atoms with Gasteiger partial charge >= 0.3 is 6.85 Å². The first-order valence-electron chi connectivity index (χ1n) is 23.2. The maximum Gasteiger partial charge on any atom is 0.333 e. The molecule has 2 nitrogen and oxygen atoms in total. The van der Waals surface area contributed by atoms with Gasteiger partial charge in [0.05, 0.1) is 5.69 Å². The van der Waals surface area contributed by atoms with Gasteiger partial charge < -0.3 is 9.71 Å². The van der Waals surface area contributed by atoms with Crippen LogP contribution >= 0.6 is 11.3 Å². The third-order valence-corrected chi connectivity index (χ3v) is 15.0. The number of benzene rings is 9. The summed E-state index contributed by atoms with van der Waals surface area (Å²) in [6, 6.07) is 71.3. The molecule has 0 saturated carbocycles. The van der Waals surface area contributed by atoms with E-state index in [9.17, 15) is 0 Å². The first-order chi connectivity index (χ1) is 31.9. The van der Waals surface area contributed by atoms with Crippen LogP contribution in [0.25, 0.3) is 64.7 Å². The molecule has 0 fully saturated rings. The van der Waals surface area contributed by atoms with Gasteiger partial charge in [0.25, 0.3) is 0 Å². The van der Waals surface area contributed by atoms with E-state index < -0.39 is 0 Å². The average molecular weight is 853 g/mol. The van der Waals surface area contributed by atoms with E-state index in [1.54, 1.807) is 0 Å². The van der Waals surface area contributed by atoms with Crippen molar-refractivity contribution in [3.8, 4) is 44.5 Å². The molecule has 2 aliphatic rings. The Balaban J connectivity index is 1.25. The van der Waals surface area contributed by atoms with Crippen molar-refractivity contribution >= 4 is 77.7 Å². The molecular formula is C61H49BN2S. The first-order valence-corrected chi connectivity index (χ1v) is 24.0. The summed E-state index contributed by atoms with van der Waals surface area (Å²) in [4.78, 5) is 5.29. The molecule has 0 saturated heterocycles. The van der Waals surface area contributed by atoms with E-state index in [1.165, 1.54) is 126 Å². The monoisotopic (exact) mass is 852 g/mol. The molecule has 65 heavy (non-hydrogen) atoms. The highest BCUT2D eigenvalue weighted by Gasteiger charge is 2.46. The number of hydrogen-bond donors (Lipinski definition) is 0. The smallest absolute Gasteiger partial charge is 0.333 e. The number of unbranched alkanes of at least 4 members (excludes halogenated alkanes) is 1. The number of hydrogen-bond acceptors (Lipinski definition) is 3. The van der Waals surface area contributed by atoms with Gasteiger partial charge in [0, 0.05) is 54.0 Å². The Hall–Kier alpha value is -7.14. The van der Waals surface area contributed by atoms with Gasteiger partial charge in [-0.05, 0) is 155 Å². The minimum Gasteiger partial charge on any atom is -0.376 e. The highest BCUT2D eigenvalue weighted by atomic mass is 32.1. The van der Waals surface area contributed by atoms with Crippen LogP contribution in [0.2, 0.25) is 0 Å². The van der Waals surface area contributed by atoms with Crippen LogP contribution in [0.5, 0.6) is 0 Å². The van der Waals surface area contributed by atoms with Gasteiger partial charge in [-0.2, -0.15) is 0 Å². The number of anilines is 5. The maximum atomic E-state index is 2.65. The van der Waals surface area contributed by atoms with Crippen molar-refractivity contribution in [2.45, 2.75) is 47.0 Å². The third kappa shape index (κ3) is 6.53. The van der Waals surface area contributed by atoms with Gasteiger partial charge in [-0.1, -0.05) is 146 Å². The van der Waals surface area contributed by atoms with E-state index >= 15 is 0 Å². The van der Waals surface area contributed by atoms with Gasteiger partial charge in [0.15, 0.2) is 0 Å². The second-order valence-electron chi connectivity index (χ2n) is 18.1. The molecule has 9 aromatic carbocycles. The van der Waals surface area contributed by atoms with Crippen LogP contribution in [0.1, 0.15) is 42.0 Å². The van der Waals surface area contributed by atoms with Gasteiger partial charge in [-0.15, -0.1) is 11.3 Å². The highest BCUT2D eigenvalue weighted by Crippen LogP contribution is 2.52. The Morgan fingerprint density at radius 2 is 1.15 bits per heavy atom. The van der Waals surface area contributed by atoms with E-state index in [1.807, 2.05) is 11.3 Å². The molecule has 0 bridgehead atoms. The molecule has 4 heteroatoms. The first kappa shape index (κ1) is 39.5. The molecule has 12 rings (SSSR count). The Labute approximate surface area is 387 Å². The molecular weight excluding hydrogens is 804 g/mol. The van der Waals surface area contributed by atoms with Gasteiger partial charge in [-0.25, -0.2) is 0 Å². The summed E-state index contributed by atoms with van der Waals surface area (Å²) in [6.45, 7) is 8.97. The van der Waals surface area contributed by atoms with Crippen LogP contribution in [0, 0.1) is 20.8 Å². The summed E-state index contributed by atoms with van der Waals surface area (Å²) in [5.41, 5.74) is 23.9. The number of fused-ring (bicyclic) bond motifs is 7. The molecule has 3 heterocycles. The quantitative estimate of drug-likeness (QED) is 0.141. The number of para-hydroxylation sites is 1. The maximum absolute atomic E-state index is 2.65. The Morgan fingerprint density at radius 3 is 1.91 bits per heavy atom. The lowest BCUT2D eigenvalue weighted by Crippen LogP contribution is -2.61. The van der Waals surface area contributed by atoms with E-state index in [0.29, 0.717) is 0 Å². The van der Waals surface area contributed by atoms with Crippen LogP contribution in [-0.4, -0.2) is 6.85 Å². The van der Waals surface area contributed by atoms with Crippen molar-refractivity contribution in [2.75, 3.05) is 9.71 Å². The topological polar surface area (TPSA) is 6.48 Å². The number of nitrogens with zero attached hydrogens (tertiary/aromatic N) is 2. The van der Waals surface area contributed by atoms with E-state index in [4.69, 9.17) is 0 Å². The highest BCUT2D eigenvalue weighted by molar-refractivity contribution is 7.26. The van der Waals surface area contributed by atoms with Crippen LogP contribution in [0.3, 0.4) is 0 Å². The summed E-state index contributed by atoms with van der Waals surface area (Å²) in [5.74, 6) is 0. The molecule has 10 aromatic rings. The zero-order chi connectivity index (χ0) is 43.8. The van der Waals surface area contributed by atoms with E-state index in [-0.39, 0.29) is 6.85 Å². The van der Waals surface area contributed by atoms with Crippen molar-refractivity contribution < 1.29 is 0 Å². The molecule has 0 N–H and O–H groups in total. The Bertz CT molecular complexity index is 3440. The normalized spacial score (nSPS) is 12.7. The summed E-state index contributed by atoms with van der Waals surface area (Å²) in [6.07, 6.45) is 3.38. The van der Waals surface area contributed by atoms with Crippen LogP contribution < -0.4 is 20.6 Å². The zero-order valence-corrected chi connectivity index (χ0v) is 38.2. The molecule has 0 radical (unpaired) electrons. The van der Waals surface area contributed by atoms with Crippen LogP contribution in [0.4, 0.5) is 28.4 Å². The summed E-state index contributed by atoms with van der Waals surface area (Å²) in [7, 11) is 0. The lowest BCUT2D eigenvalue weighted by Gasteiger charge is -2.46. The fourth-order valence-electron chi connectivity index (χ4n) is 11.1. The molecule has 0 atom stereocenters. The molecule has 0 unspecified atom stereocenters. The lowest BCUT2D eigenvalue weighted by atomic mass is 9.43. The number of thiophene rings is 1. The summed E-state index contributed by atoms with van der Waals surface area (Å²) >= 11 is 1.90. The minimum absolute atomic E-state index is 0.106. The fraction of sp³-hybridized carbons (Fsp3) is 0.115. The molecule has 0 spiro atoms. The fourth-order valence-corrected chi connectivity index (χ4v) is 12.2. The number of aryl methyl sites for hydroxylation is 4. The van der Waals surface area contributed by atoms with E-state index in [0.717, 1.165) is 19.3 Å². The summed E-state index contributed by atoms with van der Waals surface area (Å²) in [5, 5.41) is 2.63. The van der Waals surface area contributed by atoms with Crippen molar-refractivity contribution in [1.29, 1.82) is 0 Å². The Morgan fingerprint density at radius 1 is 0.477 bits per heavy atom. The van der Waals surface area contributed by atoms with Gasteiger partial charge in [-0.3, -0.25) is 0 Å². The third-order valence-electron chi connectivity index (χ3n) is 13.9. The second kappa shape index (κ2) is 15.8. The molecule has 1 aromatic heterocycles. The van der Waals surface area contributed by atoms with E-state index in [2.05, 4.69) is 225 Å². The predicted molar refractivity (Wildman–Crippen MR) is 282 cm³/mol.